The molecule has 0 aliphatic carbocycles. The van der Waals surface area contributed by atoms with Crippen molar-refractivity contribution in [1.29, 1.82) is 0 Å². The van der Waals surface area contributed by atoms with Gasteiger partial charge in [0, 0.05) is 14.9 Å². The zero-order chi connectivity index (χ0) is 14.7. The number of carbonyl (C=O) groups is 1. The van der Waals surface area contributed by atoms with E-state index in [2.05, 4.69) is 32.6 Å². The summed E-state index contributed by atoms with van der Waals surface area (Å²) < 4.78 is 5.73. The number of anilines is 3. The van der Waals surface area contributed by atoms with E-state index in [1.807, 2.05) is 18.2 Å². The van der Waals surface area contributed by atoms with E-state index in [0.29, 0.717) is 22.0 Å². The van der Waals surface area contributed by atoms with Crippen molar-refractivity contribution < 1.29 is 9.53 Å². The Kier molecular flexibility index (Phi) is 4.72. The smallest absolute Gasteiger partial charge is 0.340 e. The minimum atomic E-state index is -0.472. The van der Waals surface area contributed by atoms with Crippen molar-refractivity contribution in [3.8, 4) is 0 Å². The maximum Gasteiger partial charge on any atom is 0.340 e. The summed E-state index contributed by atoms with van der Waals surface area (Å²) in [7, 11) is 1.32. The summed E-state index contributed by atoms with van der Waals surface area (Å²) >= 11 is 8.34. The molecule has 0 aliphatic heterocycles. The van der Waals surface area contributed by atoms with Gasteiger partial charge in [-0.15, -0.1) is 0 Å². The number of hydrogen-bond donors (Lipinski definition) is 2. The maximum absolute atomic E-state index is 11.6. The van der Waals surface area contributed by atoms with E-state index in [1.54, 1.807) is 18.2 Å². The van der Waals surface area contributed by atoms with Crippen molar-refractivity contribution in [2.24, 2.45) is 0 Å². The number of rotatable bonds is 3. The zero-order valence-corrected chi connectivity index (χ0v) is 13.5. The Bertz CT molecular complexity index is 662. The molecule has 0 aliphatic rings. The van der Waals surface area contributed by atoms with Crippen LogP contribution in [0.5, 0.6) is 0 Å². The van der Waals surface area contributed by atoms with Crippen LogP contribution in [-0.2, 0) is 4.74 Å². The molecule has 0 saturated heterocycles. The minimum Gasteiger partial charge on any atom is -0.465 e. The lowest BCUT2D eigenvalue weighted by Crippen LogP contribution is -2.06. The molecule has 0 fully saturated rings. The SMILES string of the molecule is COC(=O)c1cc(Nc2ccc(I)cc2Cl)ccc1N. The van der Waals surface area contributed by atoms with Gasteiger partial charge in [0.2, 0.25) is 0 Å². The van der Waals surface area contributed by atoms with Crippen LogP contribution in [0.1, 0.15) is 10.4 Å². The number of nitrogen functional groups attached to an aromatic ring is 1. The average Bonchev–Trinajstić information content (AvgIpc) is 2.43. The Morgan fingerprint density at radius 1 is 1.30 bits per heavy atom. The Morgan fingerprint density at radius 2 is 2.05 bits per heavy atom. The number of hydrogen-bond acceptors (Lipinski definition) is 4. The van der Waals surface area contributed by atoms with E-state index < -0.39 is 5.97 Å². The fourth-order valence-electron chi connectivity index (χ4n) is 1.67. The molecule has 4 nitrogen and oxygen atoms in total. The summed E-state index contributed by atoms with van der Waals surface area (Å²) in [5.74, 6) is -0.472. The molecule has 0 bridgehead atoms. The van der Waals surface area contributed by atoms with E-state index in [1.165, 1.54) is 7.11 Å². The first kappa shape index (κ1) is 14.9. The molecule has 6 heteroatoms. The number of nitrogens with one attached hydrogen (secondary N) is 1. The second kappa shape index (κ2) is 6.32. The molecular formula is C14H12ClIN2O2. The van der Waals surface area contributed by atoms with Gasteiger partial charge in [-0.2, -0.15) is 0 Å². The first-order chi connectivity index (χ1) is 9.51. The molecule has 0 amide bonds. The van der Waals surface area contributed by atoms with Crippen LogP contribution in [-0.4, -0.2) is 13.1 Å². The molecule has 0 radical (unpaired) electrons. The normalized spacial score (nSPS) is 10.2. The fourth-order valence-corrected chi connectivity index (χ4v) is 2.57. The predicted octanol–water partition coefficient (Wildman–Crippen LogP) is 4.06. The van der Waals surface area contributed by atoms with Crippen molar-refractivity contribution in [2.45, 2.75) is 0 Å². The van der Waals surface area contributed by atoms with Gasteiger partial charge in [0.15, 0.2) is 0 Å². The standard InChI is InChI=1S/C14H12ClIN2O2/c1-20-14(19)10-7-9(3-4-12(10)17)18-13-5-2-8(16)6-11(13)15/h2-7,18H,17H2,1H3. The number of benzene rings is 2. The Morgan fingerprint density at radius 3 is 2.70 bits per heavy atom. The van der Waals surface area contributed by atoms with Crippen molar-refractivity contribution in [1.82, 2.24) is 0 Å². The highest BCUT2D eigenvalue weighted by Gasteiger charge is 2.11. The van der Waals surface area contributed by atoms with Gasteiger partial charge in [0.1, 0.15) is 0 Å². The van der Waals surface area contributed by atoms with Crippen LogP contribution in [0.2, 0.25) is 5.02 Å². The van der Waals surface area contributed by atoms with E-state index >= 15 is 0 Å². The molecule has 0 atom stereocenters. The number of halogens is 2. The van der Waals surface area contributed by atoms with Gasteiger partial charge in [0.25, 0.3) is 0 Å². The lowest BCUT2D eigenvalue weighted by atomic mass is 10.1. The fraction of sp³-hybridized carbons (Fsp3) is 0.0714. The average molecular weight is 403 g/mol. The van der Waals surface area contributed by atoms with Crippen LogP contribution in [0.4, 0.5) is 17.1 Å². The van der Waals surface area contributed by atoms with E-state index in [4.69, 9.17) is 17.3 Å². The second-order valence-electron chi connectivity index (χ2n) is 4.04. The van der Waals surface area contributed by atoms with Crippen LogP contribution in [0.3, 0.4) is 0 Å². The molecule has 2 aromatic carbocycles. The summed E-state index contributed by atoms with van der Waals surface area (Å²) in [6.45, 7) is 0. The number of esters is 1. The quantitative estimate of drug-likeness (QED) is 0.462. The third-order valence-corrected chi connectivity index (χ3v) is 3.65. The van der Waals surface area contributed by atoms with E-state index in [9.17, 15) is 4.79 Å². The van der Waals surface area contributed by atoms with E-state index in [0.717, 1.165) is 9.26 Å². The highest BCUT2D eigenvalue weighted by Crippen LogP contribution is 2.28. The van der Waals surface area contributed by atoms with Gasteiger partial charge in [0.05, 0.1) is 23.4 Å². The molecule has 0 unspecified atom stereocenters. The summed E-state index contributed by atoms with van der Waals surface area (Å²) in [5, 5.41) is 3.75. The Labute approximate surface area is 135 Å². The second-order valence-corrected chi connectivity index (χ2v) is 5.70. The van der Waals surface area contributed by atoms with Crippen LogP contribution < -0.4 is 11.1 Å². The lowest BCUT2D eigenvalue weighted by molar-refractivity contribution is 0.0602. The highest BCUT2D eigenvalue weighted by atomic mass is 127. The third-order valence-electron chi connectivity index (χ3n) is 2.67. The first-order valence-corrected chi connectivity index (χ1v) is 7.17. The van der Waals surface area contributed by atoms with Crippen LogP contribution in [0, 0.1) is 3.57 Å². The van der Waals surface area contributed by atoms with Crippen molar-refractivity contribution in [2.75, 3.05) is 18.2 Å². The predicted molar refractivity (Wildman–Crippen MR) is 89.6 cm³/mol. The third kappa shape index (κ3) is 3.34. The molecule has 104 valence electrons. The summed E-state index contributed by atoms with van der Waals surface area (Å²) in [6, 6.07) is 10.7. The lowest BCUT2D eigenvalue weighted by Gasteiger charge is -2.11. The molecule has 2 aromatic rings. The summed E-state index contributed by atoms with van der Waals surface area (Å²) in [5.41, 5.74) is 7.91. The van der Waals surface area contributed by atoms with Crippen LogP contribution in [0.25, 0.3) is 0 Å². The Balaban J connectivity index is 2.32. The summed E-state index contributed by atoms with van der Waals surface area (Å²) in [6.07, 6.45) is 0. The number of carbonyl (C=O) groups excluding carboxylic acids is 1. The number of nitrogens with two attached hydrogens (primary N) is 1. The van der Waals surface area contributed by atoms with Crippen molar-refractivity contribution in [3.63, 3.8) is 0 Å². The largest absolute Gasteiger partial charge is 0.465 e. The van der Waals surface area contributed by atoms with Gasteiger partial charge in [-0.1, -0.05) is 11.6 Å². The molecule has 3 N–H and O–H groups in total. The van der Waals surface area contributed by atoms with Gasteiger partial charge >= 0.3 is 5.97 Å². The van der Waals surface area contributed by atoms with Gasteiger partial charge in [-0.25, -0.2) is 4.79 Å². The van der Waals surface area contributed by atoms with E-state index in [-0.39, 0.29) is 0 Å². The Hall–Kier alpha value is -1.47. The molecule has 0 heterocycles. The topological polar surface area (TPSA) is 64.3 Å². The van der Waals surface area contributed by atoms with Gasteiger partial charge < -0.3 is 15.8 Å². The van der Waals surface area contributed by atoms with Crippen molar-refractivity contribution in [3.05, 3.63) is 50.6 Å². The summed E-state index contributed by atoms with van der Waals surface area (Å²) in [4.78, 5) is 11.6. The monoisotopic (exact) mass is 402 g/mol. The number of methoxy groups -OCH3 is 1. The molecule has 0 aromatic heterocycles. The van der Waals surface area contributed by atoms with Crippen LogP contribution in [0.15, 0.2) is 36.4 Å². The first-order valence-electron chi connectivity index (χ1n) is 5.71. The molecule has 20 heavy (non-hydrogen) atoms. The molecule has 0 spiro atoms. The van der Waals surface area contributed by atoms with Gasteiger partial charge in [-0.05, 0) is 59.0 Å². The van der Waals surface area contributed by atoms with Gasteiger partial charge in [-0.3, -0.25) is 0 Å². The molecule has 0 saturated carbocycles. The minimum absolute atomic E-state index is 0.319. The van der Waals surface area contributed by atoms with Crippen LogP contribution >= 0.6 is 34.2 Å². The molecule has 2 rings (SSSR count). The van der Waals surface area contributed by atoms with Crippen molar-refractivity contribution >= 4 is 57.2 Å². The number of ether oxygens (including phenoxy) is 1. The maximum atomic E-state index is 11.6. The highest BCUT2D eigenvalue weighted by molar-refractivity contribution is 14.1. The zero-order valence-electron chi connectivity index (χ0n) is 10.6. The molecular weight excluding hydrogens is 391 g/mol.